The molecule has 3 aromatic rings. The molecule has 2 aliphatic rings. The van der Waals surface area contributed by atoms with Crippen LogP contribution in [0.1, 0.15) is 51.5 Å². The number of nitrogens with zero attached hydrogens (tertiary/aromatic N) is 5. The molecule has 0 spiro atoms. The van der Waals surface area contributed by atoms with Gasteiger partial charge < -0.3 is 20.1 Å². The summed E-state index contributed by atoms with van der Waals surface area (Å²) in [5.41, 5.74) is 3.47. The van der Waals surface area contributed by atoms with Gasteiger partial charge >= 0.3 is 0 Å². The molecule has 34 heavy (non-hydrogen) atoms. The van der Waals surface area contributed by atoms with Crippen LogP contribution in [0.3, 0.4) is 0 Å². The van der Waals surface area contributed by atoms with Gasteiger partial charge in [0.1, 0.15) is 12.3 Å². The van der Waals surface area contributed by atoms with Crippen molar-refractivity contribution in [3.63, 3.8) is 0 Å². The highest BCUT2D eigenvalue weighted by molar-refractivity contribution is 5.96. The second kappa shape index (κ2) is 10.1. The van der Waals surface area contributed by atoms with E-state index < -0.39 is 0 Å². The van der Waals surface area contributed by atoms with E-state index in [0.29, 0.717) is 19.1 Å². The first-order valence-corrected chi connectivity index (χ1v) is 12.3. The lowest BCUT2D eigenvalue weighted by atomic mass is 9.93. The number of fused-ring (bicyclic) bond motifs is 1. The summed E-state index contributed by atoms with van der Waals surface area (Å²) in [4.78, 5) is 23.3. The Bertz CT molecular complexity index is 1140. The van der Waals surface area contributed by atoms with E-state index in [1.807, 2.05) is 35.1 Å². The summed E-state index contributed by atoms with van der Waals surface area (Å²) in [6.45, 7) is 4.22. The first-order chi connectivity index (χ1) is 16.6. The van der Waals surface area contributed by atoms with Gasteiger partial charge in [-0.3, -0.25) is 4.79 Å². The van der Waals surface area contributed by atoms with Crippen LogP contribution in [0, 0.1) is 0 Å². The van der Waals surface area contributed by atoms with Gasteiger partial charge in [0, 0.05) is 30.5 Å². The van der Waals surface area contributed by atoms with Crippen LogP contribution in [0.5, 0.6) is 0 Å². The van der Waals surface area contributed by atoms with Gasteiger partial charge in [-0.25, -0.2) is 9.67 Å². The molecule has 0 bridgehead atoms. The number of nitrogens with one attached hydrogen (secondary N) is 1. The number of unbranched alkanes of at least 4 members (excludes halogenated alkanes) is 1. The predicted molar refractivity (Wildman–Crippen MR) is 131 cm³/mol. The second-order valence-electron chi connectivity index (χ2n) is 9.11. The van der Waals surface area contributed by atoms with Gasteiger partial charge in [0.15, 0.2) is 5.65 Å². The fraction of sp³-hybridized carbons (Fsp3) is 0.520. The Labute approximate surface area is 199 Å². The van der Waals surface area contributed by atoms with E-state index in [4.69, 9.17) is 14.8 Å². The molecule has 0 atom stereocenters. The number of carbonyl (C=O) groups is 1. The summed E-state index contributed by atoms with van der Waals surface area (Å²) < 4.78 is 7.27. The molecule has 9 heteroatoms. The Hall–Kier alpha value is -3.04. The van der Waals surface area contributed by atoms with Crippen LogP contribution in [-0.4, -0.2) is 63.2 Å². The minimum absolute atomic E-state index is 0.0234. The molecule has 2 N–H and O–H groups in total. The van der Waals surface area contributed by atoms with Crippen molar-refractivity contribution in [1.82, 2.24) is 19.7 Å². The van der Waals surface area contributed by atoms with Crippen LogP contribution in [0.25, 0.3) is 22.3 Å². The van der Waals surface area contributed by atoms with Crippen LogP contribution in [0.4, 0.5) is 11.6 Å². The molecule has 9 nitrogen and oxygen atoms in total. The Morgan fingerprint density at radius 1 is 1.18 bits per heavy atom. The van der Waals surface area contributed by atoms with E-state index in [1.165, 1.54) is 0 Å². The number of benzene rings is 1. The molecule has 1 amide bonds. The van der Waals surface area contributed by atoms with Crippen LogP contribution in [-0.2, 0) is 9.53 Å². The van der Waals surface area contributed by atoms with Crippen molar-refractivity contribution in [2.24, 2.45) is 0 Å². The Kier molecular flexibility index (Phi) is 6.73. The molecule has 1 saturated carbocycles. The van der Waals surface area contributed by atoms with E-state index in [2.05, 4.69) is 17.2 Å². The number of hydrogen-bond acceptors (Lipinski definition) is 7. The van der Waals surface area contributed by atoms with E-state index in [1.54, 1.807) is 4.90 Å². The number of ether oxygens (including phenoxy) is 1. The number of amides is 1. The summed E-state index contributed by atoms with van der Waals surface area (Å²) in [6, 6.07) is 8.12. The number of rotatable bonds is 7. The molecule has 0 unspecified atom stereocenters. The van der Waals surface area contributed by atoms with Crippen molar-refractivity contribution in [3.8, 4) is 11.3 Å². The third kappa shape index (κ3) is 4.63. The molecular weight excluding hydrogens is 432 g/mol. The minimum Gasteiger partial charge on any atom is -0.393 e. The smallest absolute Gasteiger partial charge is 0.253 e. The molecule has 180 valence electrons. The number of aromatic nitrogens is 4. The van der Waals surface area contributed by atoms with Gasteiger partial charge in [-0.1, -0.05) is 25.5 Å². The first-order valence-electron chi connectivity index (χ1n) is 12.3. The third-order valence-electron chi connectivity index (χ3n) is 6.71. The number of morpholine rings is 1. The highest BCUT2D eigenvalue weighted by Gasteiger charge is 2.26. The summed E-state index contributed by atoms with van der Waals surface area (Å²) in [6.07, 6.45) is 7.09. The van der Waals surface area contributed by atoms with Crippen LogP contribution < -0.4 is 10.2 Å². The maximum atomic E-state index is 12.2. The van der Waals surface area contributed by atoms with Crippen LogP contribution in [0.2, 0.25) is 0 Å². The molecule has 2 aromatic heterocycles. The van der Waals surface area contributed by atoms with Crippen molar-refractivity contribution in [3.05, 3.63) is 30.5 Å². The van der Waals surface area contributed by atoms with Gasteiger partial charge in [0.2, 0.25) is 5.95 Å². The van der Waals surface area contributed by atoms with Gasteiger partial charge in [0.25, 0.3) is 5.91 Å². The van der Waals surface area contributed by atoms with Crippen molar-refractivity contribution < 1.29 is 14.6 Å². The summed E-state index contributed by atoms with van der Waals surface area (Å²) >= 11 is 0. The number of hydrogen-bond donors (Lipinski definition) is 2. The molecular formula is C25H32N6O3. The van der Waals surface area contributed by atoms with Crippen LogP contribution in [0.15, 0.2) is 30.5 Å². The number of anilines is 2. The first kappa shape index (κ1) is 22.7. The highest BCUT2D eigenvalue weighted by Crippen LogP contribution is 2.35. The highest BCUT2D eigenvalue weighted by atomic mass is 16.5. The van der Waals surface area contributed by atoms with E-state index in [0.717, 1.165) is 73.0 Å². The molecule has 1 aliphatic heterocycles. The number of aliphatic hydroxyl groups is 1. The molecule has 1 aromatic carbocycles. The van der Waals surface area contributed by atoms with Crippen LogP contribution >= 0.6 is 0 Å². The maximum absolute atomic E-state index is 12.2. The summed E-state index contributed by atoms with van der Waals surface area (Å²) in [5.74, 6) is 0.593. The average molecular weight is 465 g/mol. The van der Waals surface area contributed by atoms with Crippen molar-refractivity contribution >= 4 is 28.6 Å². The largest absolute Gasteiger partial charge is 0.393 e. The number of carbonyl (C=O) groups excluding carboxylic acids is 1. The van der Waals surface area contributed by atoms with Gasteiger partial charge in [-0.2, -0.15) is 10.1 Å². The monoisotopic (exact) mass is 464 g/mol. The average Bonchev–Trinajstić information content (AvgIpc) is 3.24. The van der Waals surface area contributed by atoms with Gasteiger partial charge in [0.05, 0.1) is 24.1 Å². The summed E-state index contributed by atoms with van der Waals surface area (Å²) in [7, 11) is 0. The zero-order valence-corrected chi connectivity index (χ0v) is 19.6. The Morgan fingerprint density at radius 2 is 1.97 bits per heavy atom. The quantitative estimate of drug-likeness (QED) is 0.515. The standard InChI is InChI=1S/C25H32N6O3/c1-2-3-12-26-25-27-15-21-23(29-31(24(21)28-25)19-8-10-20(32)11-9-19)17-4-6-18(7-5-17)30-13-14-34-16-22(30)33/h4-7,15,19-20,32H,2-3,8-14,16H2,1H3,(H,26,27,28)/t19-,20-. The zero-order chi connectivity index (χ0) is 23.5. The molecule has 5 rings (SSSR count). The van der Waals surface area contributed by atoms with Crippen molar-refractivity contribution in [1.29, 1.82) is 0 Å². The molecule has 1 aliphatic carbocycles. The normalized spacial score (nSPS) is 21.2. The molecule has 3 heterocycles. The maximum Gasteiger partial charge on any atom is 0.253 e. The molecule has 1 saturated heterocycles. The SMILES string of the molecule is CCCCNc1ncc2c(-c3ccc(N4CCOCC4=O)cc3)nn([C@H]3CC[C@H](O)CC3)c2n1. The Balaban J connectivity index is 1.49. The van der Waals surface area contributed by atoms with Gasteiger partial charge in [-0.05, 0) is 44.2 Å². The van der Waals surface area contributed by atoms with E-state index in [-0.39, 0.29) is 24.7 Å². The fourth-order valence-corrected chi connectivity index (χ4v) is 4.75. The molecule has 2 fully saturated rings. The van der Waals surface area contributed by atoms with E-state index in [9.17, 15) is 9.90 Å². The van der Waals surface area contributed by atoms with Crippen molar-refractivity contribution in [2.75, 3.05) is 36.5 Å². The summed E-state index contributed by atoms with van der Waals surface area (Å²) in [5, 5.41) is 19.2. The minimum atomic E-state index is -0.228. The molecule has 0 radical (unpaired) electrons. The van der Waals surface area contributed by atoms with Gasteiger partial charge in [-0.15, -0.1) is 0 Å². The van der Waals surface area contributed by atoms with Crippen molar-refractivity contribution in [2.45, 2.75) is 57.6 Å². The predicted octanol–water partition coefficient (Wildman–Crippen LogP) is 3.54. The number of aliphatic hydroxyl groups excluding tert-OH is 1. The topological polar surface area (TPSA) is 105 Å². The zero-order valence-electron chi connectivity index (χ0n) is 19.6. The lowest BCUT2D eigenvalue weighted by Gasteiger charge is -2.26. The Morgan fingerprint density at radius 3 is 2.71 bits per heavy atom. The second-order valence-corrected chi connectivity index (χ2v) is 9.11. The van der Waals surface area contributed by atoms with E-state index >= 15 is 0 Å². The third-order valence-corrected chi connectivity index (χ3v) is 6.71. The lowest BCUT2D eigenvalue weighted by molar-refractivity contribution is -0.125. The lowest BCUT2D eigenvalue weighted by Crippen LogP contribution is -2.41. The fourth-order valence-electron chi connectivity index (χ4n) is 4.75.